The van der Waals surface area contributed by atoms with Crippen LogP contribution in [0.3, 0.4) is 0 Å². The first-order valence-electron chi connectivity index (χ1n) is 7.48. The molecule has 0 fully saturated rings. The standard InChI is InChI=1S/C18H19ClN2O3/c1-12(22)21-15-6-3-13(4-7-15)9-10-20-18(23)16-8-5-14(19)11-17(16)24-2/h3-8,11H,9-10H2,1-2H3,(H,20,23)(H,21,22). The largest absolute Gasteiger partial charge is 0.496 e. The number of benzene rings is 2. The van der Waals surface area contributed by atoms with E-state index >= 15 is 0 Å². The van der Waals surface area contributed by atoms with Crippen molar-refractivity contribution in [3.8, 4) is 5.75 Å². The Balaban J connectivity index is 1.89. The van der Waals surface area contributed by atoms with E-state index in [0.717, 1.165) is 11.3 Å². The number of amides is 2. The van der Waals surface area contributed by atoms with Crippen molar-refractivity contribution in [2.45, 2.75) is 13.3 Å². The molecule has 0 radical (unpaired) electrons. The molecule has 2 aromatic carbocycles. The molecule has 2 aromatic rings. The molecule has 0 aliphatic rings. The van der Waals surface area contributed by atoms with Crippen molar-refractivity contribution in [1.82, 2.24) is 5.32 Å². The minimum Gasteiger partial charge on any atom is -0.496 e. The molecule has 0 saturated carbocycles. The van der Waals surface area contributed by atoms with Gasteiger partial charge in [0.1, 0.15) is 5.75 Å². The maximum absolute atomic E-state index is 12.2. The normalized spacial score (nSPS) is 10.1. The van der Waals surface area contributed by atoms with E-state index in [0.29, 0.717) is 29.3 Å². The van der Waals surface area contributed by atoms with Crippen LogP contribution in [-0.2, 0) is 11.2 Å². The van der Waals surface area contributed by atoms with Crippen LogP contribution in [-0.4, -0.2) is 25.5 Å². The lowest BCUT2D eigenvalue weighted by atomic mass is 10.1. The second kappa shape index (κ2) is 8.36. The van der Waals surface area contributed by atoms with E-state index in [4.69, 9.17) is 16.3 Å². The van der Waals surface area contributed by atoms with Gasteiger partial charge in [-0.25, -0.2) is 0 Å². The van der Waals surface area contributed by atoms with Crippen molar-refractivity contribution in [3.63, 3.8) is 0 Å². The van der Waals surface area contributed by atoms with Crippen molar-refractivity contribution in [3.05, 3.63) is 58.6 Å². The zero-order chi connectivity index (χ0) is 17.5. The Morgan fingerprint density at radius 1 is 1.12 bits per heavy atom. The van der Waals surface area contributed by atoms with Crippen LogP contribution in [0.5, 0.6) is 5.75 Å². The van der Waals surface area contributed by atoms with Crippen molar-refractivity contribution in [2.75, 3.05) is 19.0 Å². The molecule has 0 aliphatic heterocycles. The number of carbonyl (C=O) groups is 2. The first-order valence-corrected chi connectivity index (χ1v) is 7.85. The van der Waals surface area contributed by atoms with Gasteiger partial charge in [0, 0.05) is 24.2 Å². The van der Waals surface area contributed by atoms with Gasteiger partial charge in [0.05, 0.1) is 12.7 Å². The summed E-state index contributed by atoms with van der Waals surface area (Å²) in [7, 11) is 1.50. The summed E-state index contributed by atoms with van der Waals surface area (Å²) in [5, 5.41) is 6.08. The number of halogens is 1. The van der Waals surface area contributed by atoms with Crippen LogP contribution in [0.25, 0.3) is 0 Å². The smallest absolute Gasteiger partial charge is 0.255 e. The van der Waals surface area contributed by atoms with E-state index in [-0.39, 0.29) is 11.8 Å². The van der Waals surface area contributed by atoms with Gasteiger partial charge in [-0.1, -0.05) is 23.7 Å². The number of anilines is 1. The van der Waals surface area contributed by atoms with Gasteiger partial charge in [0.2, 0.25) is 5.91 Å². The molecule has 5 nitrogen and oxygen atoms in total. The maximum Gasteiger partial charge on any atom is 0.255 e. The van der Waals surface area contributed by atoms with E-state index in [1.54, 1.807) is 18.2 Å². The summed E-state index contributed by atoms with van der Waals surface area (Å²) < 4.78 is 5.18. The van der Waals surface area contributed by atoms with E-state index in [2.05, 4.69) is 10.6 Å². The molecule has 0 aliphatic carbocycles. The molecular formula is C18H19ClN2O3. The number of ether oxygens (including phenoxy) is 1. The monoisotopic (exact) mass is 346 g/mol. The summed E-state index contributed by atoms with van der Waals surface area (Å²) in [4.78, 5) is 23.2. The molecule has 126 valence electrons. The number of hydrogen-bond acceptors (Lipinski definition) is 3. The highest BCUT2D eigenvalue weighted by atomic mass is 35.5. The van der Waals surface area contributed by atoms with Crippen LogP contribution in [0.2, 0.25) is 5.02 Å². The SMILES string of the molecule is COc1cc(Cl)ccc1C(=O)NCCc1ccc(NC(C)=O)cc1. The molecule has 0 heterocycles. The molecule has 0 atom stereocenters. The van der Waals surface area contributed by atoms with Crippen LogP contribution in [0.15, 0.2) is 42.5 Å². The summed E-state index contributed by atoms with van der Waals surface area (Å²) in [5.41, 5.74) is 2.26. The highest BCUT2D eigenvalue weighted by molar-refractivity contribution is 6.30. The van der Waals surface area contributed by atoms with Crippen LogP contribution in [0.1, 0.15) is 22.8 Å². The average molecular weight is 347 g/mol. The Hall–Kier alpha value is -2.53. The Bertz CT molecular complexity index is 730. The molecular weight excluding hydrogens is 328 g/mol. The highest BCUT2D eigenvalue weighted by Gasteiger charge is 2.12. The number of methoxy groups -OCH3 is 1. The zero-order valence-electron chi connectivity index (χ0n) is 13.6. The predicted octanol–water partition coefficient (Wildman–Crippen LogP) is 3.28. The van der Waals surface area contributed by atoms with Gasteiger partial charge < -0.3 is 15.4 Å². The third kappa shape index (κ3) is 4.99. The third-order valence-electron chi connectivity index (χ3n) is 3.38. The molecule has 24 heavy (non-hydrogen) atoms. The minimum atomic E-state index is -0.210. The van der Waals surface area contributed by atoms with Crippen molar-refractivity contribution in [1.29, 1.82) is 0 Å². The Morgan fingerprint density at radius 2 is 1.83 bits per heavy atom. The first-order chi connectivity index (χ1) is 11.5. The van der Waals surface area contributed by atoms with Crippen LogP contribution >= 0.6 is 11.6 Å². The van der Waals surface area contributed by atoms with Gasteiger partial charge in [-0.15, -0.1) is 0 Å². The summed E-state index contributed by atoms with van der Waals surface area (Å²) in [6, 6.07) is 12.4. The lowest BCUT2D eigenvalue weighted by Gasteiger charge is -2.10. The predicted molar refractivity (Wildman–Crippen MR) is 94.8 cm³/mol. The topological polar surface area (TPSA) is 67.4 Å². The number of rotatable bonds is 6. The third-order valence-corrected chi connectivity index (χ3v) is 3.62. The Labute approximate surface area is 146 Å². The van der Waals surface area contributed by atoms with Crippen LogP contribution < -0.4 is 15.4 Å². The molecule has 2 rings (SSSR count). The molecule has 0 unspecified atom stereocenters. The number of carbonyl (C=O) groups excluding carboxylic acids is 2. The van der Waals surface area contributed by atoms with E-state index in [1.807, 2.05) is 24.3 Å². The van der Waals surface area contributed by atoms with E-state index in [9.17, 15) is 9.59 Å². The number of hydrogen-bond donors (Lipinski definition) is 2. The average Bonchev–Trinajstić information content (AvgIpc) is 2.55. The molecule has 6 heteroatoms. The van der Waals surface area contributed by atoms with Crippen molar-refractivity contribution >= 4 is 29.1 Å². The van der Waals surface area contributed by atoms with Gasteiger partial charge in [0.25, 0.3) is 5.91 Å². The summed E-state index contributed by atoms with van der Waals surface area (Å²) in [6.45, 7) is 1.96. The summed E-state index contributed by atoms with van der Waals surface area (Å²) in [5.74, 6) is 0.130. The van der Waals surface area contributed by atoms with Crippen LogP contribution in [0, 0.1) is 0 Å². The molecule has 0 spiro atoms. The fraction of sp³-hybridized carbons (Fsp3) is 0.222. The molecule has 2 N–H and O–H groups in total. The fourth-order valence-corrected chi connectivity index (χ4v) is 2.39. The molecule has 0 bridgehead atoms. The summed E-state index contributed by atoms with van der Waals surface area (Å²) >= 11 is 5.89. The quantitative estimate of drug-likeness (QED) is 0.843. The van der Waals surface area contributed by atoms with Crippen LogP contribution in [0.4, 0.5) is 5.69 Å². The second-order valence-electron chi connectivity index (χ2n) is 5.23. The van der Waals surface area contributed by atoms with E-state index in [1.165, 1.54) is 14.0 Å². The maximum atomic E-state index is 12.2. The highest BCUT2D eigenvalue weighted by Crippen LogP contribution is 2.22. The summed E-state index contributed by atoms with van der Waals surface area (Å²) in [6.07, 6.45) is 0.683. The van der Waals surface area contributed by atoms with E-state index < -0.39 is 0 Å². The minimum absolute atomic E-state index is 0.105. The van der Waals surface area contributed by atoms with Gasteiger partial charge >= 0.3 is 0 Å². The second-order valence-corrected chi connectivity index (χ2v) is 5.67. The molecule has 2 amide bonds. The zero-order valence-corrected chi connectivity index (χ0v) is 14.3. The lowest BCUT2D eigenvalue weighted by Crippen LogP contribution is -2.26. The van der Waals surface area contributed by atoms with Crippen molar-refractivity contribution < 1.29 is 14.3 Å². The number of nitrogens with one attached hydrogen (secondary N) is 2. The van der Waals surface area contributed by atoms with Crippen molar-refractivity contribution in [2.24, 2.45) is 0 Å². The van der Waals surface area contributed by atoms with Gasteiger partial charge in [-0.05, 0) is 42.3 Å². The molecule has 0 aromatic heterocycles. The van der Waals surface area contributed by atoms with Gasteiger partial charge in [-0.2, -0.15) is 0 Å². The first kappa shape index (κ1) is 17.8. The molecule has 0 saturated heterocycles. The Kier molecular flexibility index (Phi) is 6.21. The van der Waals surface area contributed by atoms with Gasteiger partial charge in [0.15, 0.2) is 0 Å². The fourth-order valence-electron chi connectivity index (χ4n) is 2.23. The Morgan fingerprint density at radius 3 is 2.46 bits per heavy atom. The lowest BCUT2D eigenvalue weighted by molar-refractivity contribution is -0.114. The van der Waals surface area contributed by atoms with Gasteiger partial charge in [-0.3, -0.25) is 9.59 Å².